The molecular weight excluding hydrogens is 663 g/mol. The van der Waals surface area contributed by atoms with Crippen molar-refractivity contribution in [2.75, 3.05) is 4.90 Å². The molecular formula is C54H37N. The third kappa shape index (κ3) is 6.02. The first-order chi connectivity index (χ1) is 27.3. The highest BCUT2D eigenvalue weighted by Gasteiger charge is 2.19. The summed E-state index contributed by atoms with van der Waals surface area (Å²) in [5.74, 6) is 0. The van der Waals surface area contributed by atoms with Gasteiger partial charge in [-0.1, -0.05) is 182 Å². The third-order valence-electron chi connectivity index (χ3n) is 10.9. The molecule has 258 valence electrons. The predicted octanol–water partition coefficient (Wildman–Crippen LogP) is 15.3. The van der Waals surface area contributed by atoms with E-state index in [1.165, 1.54) is 76.8 Å². The minimum atomic E-state index is 1.10. The van der Waals surface area contributed by atoms with Crippen LogP contribution in [0.3, 0.4) is 0 Å². The van der Waals surface area contributed by atoms with E-state index in [1.807, 2.05) is 0 Å². The lowest BCUT2D eigenvalue weighted by Gasteiger charge is -2.28. The Balaban J connectivity index is 1.13. The molecule has 0 unspecified atom stereocenters. The fourth-order valence-corrected chi connectivity index (χ4v) is 8.17. The van der Waals surface area contributed by atoms with Crippen molar-refractivity contribution in [3.63, 3.8) is 0 Å². The second kappa shape index (κ2) is 14.0. The summed E-state index contributed by atoms with van der Waals surface area (Å²) in [5.41, 5.74) is 13.1. The zero-order valence-electron chi connectivity index (χ0n) is 30.3. The highest BCUT2D eigenvalue weighted by molar-refractivity contribution is 6.10. The van der Waals surface area contributed by atoms with Gasteiger partial charge in [-0.2, -0.15) is 0 Å². The molecule has 0 aliphatic carbocycles. The Morgan fingerprint density at radius 3 is 1.38 bits per heavy atom. The van der Waals surface area contributed by atoms with Gasteiger partial charge in [0.1, 0.15) is 0 Å². The first-order valence-electron chi connectivity index (χ1n) is 18.9. The van der Waals surface area contributed by atoms with Gasteiger partial charge in [-0.05, 0) is 114 Å². The van der Waals surface area contributed by atoms with Gasteiger partial charge < -0.3 is 4.90 Å². The first kappa shape index (κ1) is 32.4. The molecule has 0 heterocycles. The summed E-state index contributed by atoms with van der Waals surface area (Å²) in [4.78, 5) is 2.41. The quantitative estimate of drug-likeness (QED) is 0.160. The van der Waals surface area contributed by atoms with E-state index >= 15 is 0 Å². The Bertz CT molecular complexity index is 2940. The van der Waals surface area contributed by atoms with E-state index in [0.717, 1.165) is 17.1 Å². The molecule has 0 aliphatic heterocycles. The predicted molar refractivity (Wildman–Crippen MR) is 235 cm³/mol. The molecule has 10 aromatic carbocycles. The van der Waals surface area contributed by atoms with Crippen molar-refractivity contribution < 1.29 is 0 Å². The Morgan fingerprint density at radius 2 is 0.709 bits per heavy atom. The van der Waals surface area contributed by atoms with Gasteiger partial charge >= 0.3 is 0 Å². The van der Waals surface area contributed by atoms with Crippen molar-refractivity contribution in [2.24, 2.45) is 0 Å². The van der Waals surface area contributed by atoms with Crippen LogP contribution in [0.1, 0.15) is 0 Å². The van der Waals surface area contributed by atoms with E-state index in [2.05, 4.69) is 229 Å². The summed E-state index contributed by atoms with van der Waals surface area (Å²) in [7, 11) is 0. The van der Waals surface area contributed by atoms with Crippen LogP contribution in [0.2, 0.25) is 0 Å². The highest BCUT2D eigenvalue weighted by Crippen LogP contribution is 2.44. The summed E-state index contributed by atoms with van der Waals surface area (Å²) in [6.07, 6.45) is 0. The lowest BCUT2D eigenvalue weighted by atomic mass is 9.92. The molecule has 0 radical (unpaired) electrons. The van der Waals surface area contributed by atoms with Crippen molar-refractivity contribution in [1.82, 2.24) is 0 Å². The molecule has 0 spiro atoms. The summed E-state index contributed by atoms with van der Waals surface area (Å²) in [6, 6.07) is 81.4. The standard InChI is InChI=1S/C54H37N/c1-3-14-38(15-4-1)40-26-30-45(31-27-40)55(54-35-34-51(50-23-11-12-24-52(50)54)49-25-13-20-41-18-7-9-21-47(41)49)46-32-28-42(29-33-46)53-37-44(39-16-5-2-6-17-39)36-43-19-8-10-22-48(43)53/h1-37H. The van der Waals surface area contributed by atoms with E-state index in [1.54, 1.807) is 0 Å². The number of fused-ring (bicyclic) bond motifs is 3. The van der Waals surface area contributed by atoms with Crippen LogP contribution in [-0.4, -0.2) is 0 Å². The molecule has 0 amide bonds. The minimum Gasteiger partial charge on any atom is -0.310 e. The van der Waals surface area contributed by atoms with Crippen molar-refractivity contribution in [3.8, 4) is 44.5 Å². The molecule has 0 N–H and O–H groups in total. The second-order valence-corrected chi connectivity index (χ2v) is 14.1. The number of benzene rings is 10. The van der Waals surface area contributed by atoms with Crippen LogP contribution >= 0.6 is 0 Å². The average molecular weight is 700 g/mol. The molecule has 10 aromatic rings. The smallest absolute Gasteiger partial charge is 0.0540 e. The largest absolute Gasteiger partial charge is 0.310 e. The van der Waals surface area contributed by atoms with E-state index in [4.69, 9.17) is 0 Å². The Hall–Kier alpha value is -7.22. The van der Waals surface area contributed by atoms with Crippen LogP contribution in [0.5, 0.6) is 0 Å². The monoisotopic (exact) mass is 699 g/mol. The molecule has 0 saturated carbocycles. The molecule has 1 heteroatoms. The SMILES string of the molecule is c1ccc(-c2ccc(N(c3ccc(-c4cc(-c5ccccc5)cc5ccccc45)cc3)c3ccc(-c4cccc5ccccc45)c4ccccc34)cc2)cc1. The Labute approximate surface area is 322 Å². The zero-order chi connectivity index (χ0) is 36.6. The van der Waals surface area contributed by atoms with Crippen molar-refractivity contribution >= 4 is 49.4 Å². The maximum absolute atomic E-state index is 2.41. The van der Waals surface area contributed by atoms with Crippen LogP contribution in [0, 0.1) is 0 Å². The molecule has 0 fully saturated rings. The van der Waals surface area contributed by atoms with Gasteiger partial charge in [0.05, 0.1) is 5.69 Å². The Morgan fingerprint density at radius 1 is 0.236 bits per heavy atom. The summed E-state index contributed by atoms with van der Waals surface area (Å²) >= 11 is 0. The molecule has 10 rings (SSSR count). The maximum atomic E-state index is 2.41. The Kier molecular flexibility index (Phi) is 8.24. The lowest BCUT2D eigenvalue weighted by Crippen LogP contribution is -2.10. The van der Waals surface area contributed by atoms with Crippen LogP contribution in [0.4, 0.5) is 17.1 Å². The topological polar surface area (TPSA) is 3.24 Å². The number of hydrogen-bond donors (Lipinski definition) is 0. The van der Waals surface area contributed by atoms with Gasteiger partial charge in [-0.3, -0.25) is 0 Å². The first-order valence-corrected chi connectivity index (χ1v) is 18.9. The molecule has 0 saturated heterocycles. The van der Waals surface area contributed by atoms with E-state index < -0.39 is 0 Å². The molecule has 55 heavy (non-hydrogen) atoms. The van der Waals surface area contributed by atoms with Gasteiger partial charge in [0, 0.05) is 16.8 Å². The van der Waals surface area contributed by atoms with Gasteiger partial charge in [0.2, 0.25) is 0 Å². The molecule has 0 aromatic heterocycles. The fourth-order valence-electron chi connectivity index (χ4n) is 8.17. The van der Waals surface area contributed by atoms with Crippen molar-refractivity contribution in [1.29, 1.82) is 0 Å². The summed E-state index contributed by atoms with van der Waals surface area (Å²) < 4.78 is 0. The molecule has 0 aliphatic rings. The zero-order valence-corrected chi connectivity index (χ0v) is 30.3. The van der Waals surface area contributed by atoms with Gasteiger partial charge in [0.15, 0.2) is 0 Å². The number of hydrogen-bond acceptors (Lipinski definition) is 1. The van der Waals surface area contributed by atoms with E-state index in [0.29, 0.717) is 0 Å². The van der Waals surface area contributed by atoms with Crippen LogP contribution in [-0.2, 0) is 0 Å². The number of rotatable bonds is 7. The lowest BCUT2D eigenvalue weighted by molar-refractivity contribution is 1.30. The molecule has 0 bridgehead atoms. The number of anilines is 3. The van der Waals surface area contributed by atoms with Crippen molar-refractivity contribution in [3.05, 3.63) is 224 Å². The van der Waals surface area contributed by atoms with Crippen LogP contribution in [0.25, 0.3) is 76.8 Å². The average Bonchev–Trinajstić information content (AvgIpc) is 3.27. The third-order valence-corrected chi connectivity index (χ3v) is 10.9. The van der Waals surface area contributed by atoms with Gasteiger partial charge in [0.25, 0.3) is 0 Å². The number of nitrogens with zero attached hydrogens (tertiary/aromatic N) is 1. The molecule has 1 nitrogen and oxygen atoms in total. The summed E-state index contributed by atoms with van der Waals surface area (Å²) in [5, 5.41) is 7.42. The van der Waals surface area contributed by atoms with E-state index in [-0.39, 0.29) is 0 Å². The molecule has 0 atom stereocenters. The second-order valence-electron chi connectivity index (χ2n) is 14.1. The highest BCUT2D eigenvalue weighted by atomic mass is 15.1. The van der Waals surface area contributed by atoms with Crippen molar-refractivity contribution in [2.45, 2.75) is 0 Å². The van der Waals surface area contributed by atoms with Gasteiger partial charge in [-0.15, -0.1) is 0 Å². The fraction of sp³-hybridized carbons (Fsp3) is 0. The van der Waals surface area contributed by atoms with Gasteiger partial charge in [-0.25, -0.2) is 0 Å². The maximum Gasteiger partial charge on any atom is 0.0540 e. The summed E-state index contributed by atoms with van der Waals surface area (Å²) in [6.45, 7) is 0. The normalized spacial score (nSPS) is 11.3. The van der Waals surface area contributed by atoms with E-state index in [9.17, 15) is 0 Å². The minimum absolute atomic E-state index is 1.10. The van der Waals surface area contributed by atoms with Crippen LogP contribution < -0.4 is 4.90 Å². The van der Waals surface area contributed by atoms with Crippen LogP contribution in [0.15, 0.2) is 224 Å².